The Labute approximate surface area is 102 Å². The van der Waals surface area contributed by atoms with Gasteiger partial charge in [0, 0.05) is 12.4 Å². The normalized spacial score (nSPS) is 11.3. The van der Waals surface area contributed by atoms with Crippen LogP contribution in [0.15, 0.2) is 24.3 Å². The zero-order valence-electron chi connectivity index (χ0n) is 8.85. The van der Waals surface area contributed by atoms with Gasteiger partial charge >= 0.3 is 6.18 Å². The summed E-state index contributed by atoms with van der Waals surface area (Å²) >= 11 is 5.38. The zero-order chi connectivity index (χ0) is 12.9. The second kappa shape index (κ2) is 5.91. The van der Waals surface area contributed by atoms with Crippen LogP contribution in [0.2, 0.25) is 0 Å². The molecule has 1 rings (SSSR count). The first-order valence-corrected chi connectivity index (χ1v) is 5.45. The van der Waals surface area contributed by atoms with Crippen LogP contribution < -0.4 is 5.32 Å². The van der Waals surface area contributed by atoms with Crippen LogP contribution in [0.3, 0.4) is 0 Å². The Morgan fingerprint density at radius 3 is 2.29 bits per heavy atom. The van der Waals surface area contributed by atoms with Crippen LogP contribution in [0.4, 0.5) is 13.2 Å². The lowest BCUT2D eigenvalue weighted by molar-refractivity contribution is -0.137. The summed E-state index contributed by atoms with van der Waals surface area (Å²) in [6, 6.07) is 4.51. The van der Waals surface area contributed by atoms with Crippen LogP contribution in [0.5, 0.6) is 0 Å². The molecule has 0 aliphatic carbocycles. The molecule has 0 unspecified atom stereocenters. The smallest absolute Gasteiger partial charge is 0.355 e. The van der Waals surface area contributed by atoms with Crippen LogP contribution in [-0.2, 0) is 17.4 Å². The van der Waals surface area contributed by atoms with Gasteiger partial charge in [-0.25, -0.2) is 0 Å². The van der Waals surface area contributed by atoms with E-state index < -0.39 is 11.7 Å². The number of benzene rings is 1. The first-order valence-electron chi connectivity index (χ1n) is 4.92. The lowest BCUT2D eigenvalue weighted by Gasteiger charge is -2.07. The van der Waals surface area contributed by atoms with Gasteiger partial charge in [-0.2, -0.15) is 13.2 Å². The van der Waals surface area contributed by atoms with Gasteiger partial charge in [0.15, 0.2) is 0 Å². The fourth-order valence-electron chi connectivity index (χ4n) is 1.25. The zero-order valence-corrected chi connectivity index (χ0v) is 9.61. The van der Waals surface area contributed by atoms with E-state index in [1.807, 2.05) is 0 Å². The summed E-state index contributed by atoms with van der Waals surface area (Å²) < 4.78 is 36.8. The monoisotopic (exact) mass is 265 g/mol. The molecular formula is C11H11ClF3NO. The van der Waals surface area contributed by atoms with Crippen molar-refractivity contribution in [3.05, 3.63) is 35.4 Å². The molecule has 1 aromatic rings. The summed E-state index contributed by atoms with van der Waals surface area (Å²) in [5.74, 6) is 0.0454. The number of alkyl halides is 4. The van der Waals surface area contributed by atoms with Gasteiger partial charge in [0.05, 0.1) is 12.0 Å². The minimum atomic E-state index is -4.35. The molecule has 0 radical (unpaired) electrons. The van der Waals surface area contributed by atoms with Crippen molar-refractivity contribution in [2.45, 2.75) is 12.6 Å². The summed E-state index contributed by atoms with van der Waals surface area (Å²) in [5, 5.41) is 2.53. The van der Waals surface area contributed by atoms with Gasteiger partial charge in [-0.05, 0) is 17.7 Å². The number of nitrogens with one attached hydrogen (secondary N) is 1. The van der Waals surface area contributed by atoms with Crippen LogP contribution in [0, 0.1) is 0 Å². The van der Waals surface area contributed by atoms with Gasteiger partial charge in [0.1, 0.15) is 0 Å². The molecule has 0 aliphatic rings. The molecule has 94 valence electrons. The molecule has 0 spiro atoms. The molecule has 0 saturated heterocycles. The van der Waals surface area contributed by atoms with E-state index in [1.165, 1.54) is 12.1 Å². The fraction of sp³-hybridized carbons (Fsp3) is 0.364. The average Bonchev–Trinajstić information content (AvgIpc) is 2.26. The molecule has 6 heteroatoms. The first-order chi connectivity index (χ1) is 7.93. The highest BCUT2D eigenvalue weighted by Crippen LogP contribution is 2.29. The largest absolute Gasteiger partial charge is 0.416 e. The van der Waals surface area contributed by atoms with Crippen molar-refractivity contribution in [2.75, 3.05) is 12.4 Å². The van der Waals surface area contributed by atoms with Crippen molar-refractivity contribution >= 4 is 17.5 Å². The third-order valence-electron chi connectivity index (χ3n) is 2.06. The van der Waals surface area contributed by atoms with E-state index in [2.05, 4.69) is 5.32 Å². The molecular weight excluding hydrogens is 255 g/mol. The second-order valence-corrected chi connectivity index (χ2v) is 3.79. The Morgan fingerprint density at radius 1 is 1.24 bits per heavy atom. The SMILES string of the molecule is O=C(Cc1ccc(C(F)(F)F)cc1)NCCCl. The fourth-order valence-corrected chi connectivity index (χ4v) is 1.34. The molecule has 0 fully saturated rings. The van der Waals surface area contributed by atoms with Crippen molar-refractivity contribution in [3.63, 3.8) is 0 Å². The molecule has 0 bridgehead atoms. The van der Waals surface area contributed by atoms with Crippen molar-refractivity contribution in [2.24, 2.45) is 0 Å². The average molecular weight is 266 g/mol. The van der Waals surface area contributed by atoms with Crippen molar-refractivity contribution in [3.8, 4) is 0 Å². The maximum Gasteiger partial charge on any atom is 0.416 e. The molecule has 1 aromatic carbocycles. The van der Waals surface area contributed by atoms with Gasteiger partial charge in [0.25, 0.3) is 0 Å². The lowest BCUT2D eigenvalue weighted by atomic mass is 10.1. The van der Waals surface area contributed by atoms with Gasteiger partial charge in [-0.1, -0.05) is 12.1 Å². The third kappa shape index (κ3) is 4.65. The Balaban J connectivity index is 2.60. The Morgan fingerprint density at radius 2 is 1.82 bits per heavy atom. The molecule has 0 aromatic heterocycles. The Hall–Kier alpha value is -1.23. The van der Waals surface area contributed by atoms with Crippen LogP contribution in [0.25, 0.3) is 0 Å². The molecule has 0 heterocycles. The number of rotatable bonds is 4. The Kier molecular flexibility index (Phi) is 4.81. The van der Waals surface area contributed by atoms with Gasteiger partial charge in [-0.3, -0.25) is 4.79 Å². The number of hydrogen-bond acceptors (Lipinski definition) is 1. The number of hydrogen-bond donors (Lipinski definition) is 1. The maximum absolute atomic E-state index is 12.3. The van der Waals surface area contributed by atoms with E-state index in [9.17, 15) is 18.0 Å². The van der Waals surface area contributed by atoms with Gasteiger partial charge in [0.2, 0.25) is 5.91 Å². The predicted octanol–water partition coefficient (Wildman–Crippen LogP) is 2.60. The number of halogens is 4. The van der Waals surface area contributed by atoms with Crippen molar-refractivity contribution < 1.29 is 18.0 Å². The first kappa shape index (κ1) is 13.8. The van der Waals surface area contributed by atoms with E-state index in [1.54, 1.807) is 0 Å². The topological polar surface area (TPSA) is 29.1 Å². The van der Waals surface area contributed by atoms with E-state index >= 15 is 0 Å². The maximum atomic E-state index is 12.3. The van der Waals surface area contributed by atoms with Gasteiger partial charge < -0.3 is 5.32 Å². The number of amides is 1. The van der Waals surface area contributed by atoms with Crippen molar-refractivity contribution in [1.29, 1.82) is 0 Å². The number of carbonyl (C=O) groups excluding carboxylic acids is 1. The summed E-state index contributed by atoms with van der Waals surface area (Å²) in [4.78, 5) is 11.3. The lowest BCUT2D eigenvalue weighted by Crippen LogP contribution is -2.26. The predicted molar refractivity (Wildman–Crippen MR) is 58.9 cm³/mol. The van der Waals surface area contributed by atoms with Crippen LogP contribution in [0.1, 0.15) is 11.1 Å². The minimum absolute atomic E-state index is 0.0506. The highest BCUT2D eigenvalue weighted by atomic mass is 35.5. The standard InChI is InChI=1S/C11H11ClF3NO/c12-5-6-16-10(17)7-8-1-3-9(4-2-8)11(13,14)15/h1-4H,5-7H2,(H,16,17). The summed E-state index contributed by atoms with van der Waals surface area (Å²) in [6.07, 6.45) is -4.30. The summed E-state index contributed by atoms with van der Waals surface area (Å²) in [6.45, 7) is 0.348. The molecule has 0 saturated carbocycles. The minimum Gasteiger partial charge on any atom is -0.355 e. The summed E-state index contributed by atoms with van der Waals surface area (Å²) in [7, 11) is 0. The third-order valence-corrected chi connectivity index (χ3v) is 2.25. The highest BCUT2D eigenvalue weighted by molar-refractivity contribution is 6.18. The van der Waals surface area contributed by atoms with E-state index in [4.69, 9.17) is 11.6 Å². The van der Waals surface area contributed by atoms with E-state index in [0.29, 0.717) is 18.0 Å². The molecule has 0 aliphatic heterocycles. The Bertz CT molecular complexity index is 375. The molecule has 1 N–H and O–H groups in total. The van der Waals surface area contributed by atoms with Crippen LogP contribution >= 0.6 is 11.6 Å². The van der Waals surface area contributed by atoms with E-state index in [-0.39, 0.29) is 12.3 Å². The molecule has 17 heavy (non-hydrogen) atoms. The molecule has 0 atom stereocenters. The second-order valence-electron chi connectivity index (χ2n) is 3.41. The highest BCUT2D eigenvalue weighted by Gasteiger charge is 2.29. The van der Waals surface area contributed by atoms with Crippen molar-refractivity contribution in [1.82, 2.24) is 5.32 Å². The van der Waals surface area contributed by atoms with E-state index in [0.717, 1.165) is 12.1 Å². The van der Waals surface area contributed by atoms with Crippen LogP contribution in [-0.4, -0.2) is 18.3 Å². The summed E-state index contributed by atoms with van der Waals surface area (Å²) in [5.41, 5.74) is -0.188. The molecule has 1 amide bonds. The quantitative estimate of drug-likeness (QED) is 0.833. The molecule has 2 nitrogen and oxygen atoms in total. The van der Waals surface area contributed by atoms with Gasteiger partial charge in [-0.15, -0.1) is 11.6 Å². The number of carbonyl (C=O) groups is 1.